The number of amides is 1. The third-order valence-corrected chi connectivity index (χ3v) is 6.11. The smallest absolute Gasteiger partial charge is 0.244 e. The Kier molecular flexibility index (Phi) is 4.43. The number of piperazine rings is 1. The lowest BCUT2D eigenvalue weighted by Crippen LogP contribution is -2.52. The number of hydrogen-bond donors (Lipinski definition) is 1. The van der Waals surface area contributed by atoms with Gasteiger partial charge in [-0.05, 0) is 42.7 Å². The quantitative estimate of drug-likeness (QED) is 0.928. The normalized spacial score (nSPS) is 19.1. The highest BCUT2D eigenvalue weighted by Gasteiger charge is 2.39. The highest BCUT2D eigenvalue weighted by Crippen LogP contribution is 2.31. The van der Waals surface area contributed by atoms with Gasteiger partial charge in [0.15, 0.2) is 0 Å². The standard InChI is InChI=1S/C18H20N2O3S/c1-13-6-5-8-15(12-13)24(22,23)20-11-10-19-18(21)17(20)16-9-4-3-7-14(16)2/h3-9,12,17H,10-11H2,1-2H3,(H,19,21). The molecule has 0 spiro atoms. The maximum absolute atomic E-state index is 13.1. The lowest BCUT2D eigenvalue weighted by molar-refractivity contribution is -0.126. The second-order valence-electron chi connectivity index (χ2n) is 5.98. The summed E-state index contributed by atoms with van der Waals surface area (Å²) >= 11 is 0. The van der Waals surface area contributed by atoms with Crippen molar-refractivity contribution in [3.63, 3.8) is 0 Å². The Morgan fingerprint density at radius 2 is 1.83 bits per heavy atom. The first kappa shape index (κ1) is 16.7. The Bertz CT molecular complexity index is 877. The summed E-state index contributed by atoms with van der Waals surface area (Å²) < 4.78 is 27.6. The Labute approximate surface area is 142 Å². The molecule has 0 bridgehead atoms. The molecule has 24 heavy (non-hydrogen) atoms. The van der Waals surface area contributed by atoms with Crippen molar-refractivity contribution in [3.05, 3.63) is 65.2 Å². The molecule has 1 unspecified atom stereocenters. The van der Waals surface area contributed by atoms with Crippen LogP contribution in [-0.4, -0.2) is 31.7 Å². The van der Waals surface area contributed by atoms with E-state index < -0.39 is 16.1 Å². The highest BCUT2D eigenvalue weighted by molar-refractivity contribution is 7.89. The molecule has 0 aliphatic carbocycles. The average Bonchev–Trinajstić information content (AvgIpc) is 2.55. The maximum atomic E-state index is 13.1. The van der Waals surface area contributed by atoms with Gasteiger partial charge in [0, 0.05) is 13.1 Å². The lowest BCUT2D eigenvalue weighted by Gasteiger charge is -2.35. The van der Waals surface area contributed by atoms with Gasteiger partial charge in [-0.2, -0.15) is 4.31 Å². The van der Waals surface area contributed by atoms with Crippen molar-refractivity contribution in [2.45, 2.75) is 24.8 Å². The molecular formula is C18H20N2O3S. The molecule has 5 nitrogen and oxygen atoms in total. The van der Waals surface area contributed by atoms with Gasteiger partial charge >= 0.3 is 0 Å². The van der Waals surface area contributed by atoms with Crippen LogP contribution >= 0.6 is 0 Å². The van der Waals surface area contributed by atoms with Gasteiger partial charge in [-0.3, -0.25) is 4.79 Å². The highest BCUT2D eigenvalue weighted by atomic mass is 32.2. The van der Waals surface area contributed by atoms with Gasteiger partial charge in [0.25, 0.3) is 0 Å². The summed E-state index contributed by atoms with van der Waals surface area (Å²) in [5, 5.41) is 2.78. The molecule has 1 heterocycles. The Hall–Kier alpha value is -2.18. The maximum Gasteiger partial charge on any atom is 0.244 e. The van der Waals surface area contributed by atoms with Crippen molar-refractivity contribution in [1.29, 1.82) is 0 Å². The predicted molar refractivity (Wildman–Crippen MR) is 92.0 cm³/mol. The number of benzene rings is 2. The summed E-state index contributed by atoms with van der Waals surface area (Å²) in [4.78, 5) is 12.7. The fraction of sp³-hybridized carbons (Fsp3) is 0.278. The zero-order chi connectivity index (χ0) is 17.3. The van der Waals surface area contributed by atoms with E-state index in [2.05, 4.69) is 5.32 Å². The largest absolute Gasteiger partial charge is 0.353 e. The zero-order valence-electron chi connectivity index (χ0n) is 13.7. The Morgan fingerprint density at radius 1 is 1.08 bits per heavy atom. The monoisotopic (exact) mass is 344 g/mol. The van der Waals surface area contributed by atoms with E-state index in [0.717, 1.165) is 11.1 Å². The van der Waals surface area contributed by atoms with Gasteiger partial charge in [0.1, 0.15) is 6.04 Å². The van der Waals surface area contributed by atoms with E-state index in [-0.39, 0.29) is 17.3 Å². The average molecular weight is 344 g/mol. The molecule has 1 amide bonds. The third-order valence-electron chi connectivity index (χ3n) is 4.25. The minimum atomic E-state index is -3.76. The van der Waals surface area contributed by atoms with Crippen molar-refractivity contribution in [2.75, 3.05) is 13.1 Å². The van der Waals surface area contributed by atoms with Crippen LogP contribution in [-0.2, 0) is 14.8 Å². The van der Waals surface area contributed by atoms with E-state index in [0.29, 0.717) is 12.1 Å². The molecule has 0 aromatic heterocycles. The van der Waals surface area contributed by atoms with Crippen molar-refractivity contribution >= 4 is 15.9 Å². The molecule has 0 saturated carbocycles. The number of rotatable bonds is 3. The van der Waals surface area contributed by atoms with Gasteiger partial charge in [-0.1, -0.05) is 36.4 Å². The van der Waals surface area contributed by atoms with Crippen LogP contribution in [0.25, 0.3) is 0 Å². The van der Waals surface area contributed by atoms with Crippen molar-refractivity contribution < 1.29 is 13.2 Å². The van der Waals surface area contributed by atoms with E-state index in [1.807, 2.05) is 44.2 Å². The van der Waals surface area contributed by atoms with Gasteiger partial charge in [0.05, 0.1) is 4.90 Å². The molecular weight excluding hydrogens is 324 g/mol. The van der Waals surface area contributed by atoms with Gasteiger partial charge < -0.3 is 5.32 Å². The fourth-order valence-electron chi connectivity index (χ4n) is 3.01. The van der Waals surface area contributed by atoms with Crippen molar-refractivity contribution in [1.82, 2.24) is 9.62 Å². The summed E-state index contributed by atoms with van der Waals surface area (Å²) in [5.41, 5.74) is 2.47. The molecule has 1 fully saturated rings. The Morgan fingerprint density at radius 3 is 2.54 bits per heavy atom. The number of carbonyl (C=O) groups excluding carboxylic acids is 1. The van der Waals surface area contributed by atoms with Crippen LogP contribution in [0.2, 0.25) is 0 Å². The number of hydrogen-bond acceptors (Lipinski definition) is 3. The van der Waals surface area contributed by atoms with Crippen LogP contribution in [0.15, 0.2) is 53.4 Å². The molecule has 6 heteroatoms. The number of nitrogens with zero attached hydrogens (tertiary/aromatic N) is 1. The molecule has 1 saturated heterocycles. The molecule has 1 aliphatic rings. The van der Waals surface area contributed by atoms with Crippen LogP contribution in [0.3, 0.4) is 0 Å². The molecule has 2 aromatic carbocycles. The van der Waals surface area contributed by atoms with E-state index in [1.165, 1.54) is 4.31 Å². The van der Waals surface area contributed by atoms with E-state index in [4.69, 9.17) is 0 Å². The summed E-state index contributed by atoms with van der Waals surface area (Å²) in [6, 6.07) is 13.3. The predicted octanol–water partition coefficient (Wildman–Crippen LogP) is 2.17. The third kappa shape index (κ3) is 2.95. The molecule has 0 radical (unpaired) electrons. The zero-order valence-corrected chi connectivity index (χ0v) is 14.5. The molecule has 3 rings (SSSR count). The number of sulfonamides is 1. The molecule has 126 valence electrons. The lowest BCUT2D eigenvalue weighted by atomic mass is 9.99. The van der Waals surface area contributed by atoms with Crippen molar-refractivity contribution in [3.8, 4) is 0 Å². The number of nitrogens with one attached hydrogen (secondary N) is 1. The molecule has 1 aliphatic heterocycles. The summed E-state index contributed by atoms with van der Waals surface area (Å²) in [5.74, 6) is -0.285. The van der Waals surface area contributed by atoms with Crippen LogP contribution in [0.5, 0.6) is 0 Å². The second-order valence-corrected chi connectivity index (χ2v) is 7.87. The van der Waals surface area contributed by atoms with Gasteiger partial charge in [-0.25, -0.2) is 8.42 Å². The molecule has 2 aromatic rings. The van der Waals surface area contributed by atoms with Crippen LogP contribution in [0, 0.1) is 13.8 Å². The minimum absolute atomic E-state index is 0.218. The van der Waals surface area contributed by atoms with E-state index in [1.54, 1.807) is 18.2 Å². The number of carbonyl (C=O) groups is 1. The molecule has 1 atom stereocenters. The summed E-state index contributed by atoms with van der Waals surface area (Å²) in [6.45, 7) is 4.29. The van der Waals surface area contributed by atoms with Crippen LogP contribution < -0.4 is 5.32 Å². The Balaban J connectivity index is 2.10. The second kappa shape index (κ2) is 6.37. The topological polar surface area (TPSA) is 66.5 Å². The van der Waals surface area contributed by atoms with E-state index in [9.17, 15) is 13.2 Å². The van der Waals surface area contributed by atoms with Crippen molar-refractivity contribution in [2.24, 2.45) is 0 Å². The molecule has 1 N–H and O–H groups in total. The first-order valence-electron chi connectivity index (χ1n) is 7.83. The van der Waals surface area contributed by atoms with Crippen LogP contribution in [0.4, 0.5) is 0 Å². The first-order valence-corrected chi connectivity index (χ1v) is 9.27. The van der Waals surface area contributed by atoms with Gasteiger partial charge in [-0.15, -0.1) is 0 Å². The first-order chi connectivity index (χ1) is 11.4. The summed E-state index contributed by atoms with van der Waals surface area (Å²) in [7, 11) is -3.76. The van der Waals surface area contributed by atoms with Gasteiger partial charge in [0.2, 0.25) is 15.9 Å². The SMILES string of the molecule is Cc1cccc(S(=O)(=O)N2CCNC(=O)C2c2ccccc2C)c1. The summed E-state index contributed by atoms with van der Waals surface area (Å²) in [6.07, 6.45) is 0. The van der Waals surface area contributed by atoms with E-state index >= 15 is 0 Å². The van der Waals surface area contributed by atoms with Crippen LogP contribution in [0.1, 0.15) is 22.7 Å². The number of aryl methyl sites for hydroxylation is 2. The minimum Gasteiger partial charge on any atom is -0.353 e. The fourth-order valence-corrected chi connectivity index (χ4v) is 4.68.